The number of aryl methyl sites for hydroxylation is 2. The van der Waals surface area contributed by atoms with Gasteiger partial charge in [-0.25, -0.2) is 13.6 Å². The van der Waals surface area contributed by atoms with E-state index in [2.05, 4.69) is 10.1 Å². The van der Waals surface area contributed by atoms with Gasteiger partial charge in [0.2, 0.25) is 0 Å². The number of halogens is 3. The molecule has 0 bridgehead atoms. The van der Waals surface area contributed by atoms with Crippen molar-refractivity contribution in [1.29, 1.82) is 0 Å². The van der Waals surface area contributed by atoms with E-state index in [1.807, 2.05) is 0 Å². The molecule has 0 aromatic heterocycles. The van der Waals surface area contributed by atoms with Crippen LogP contribution in [0.5, 0.6) is 0 Å². The number of benzene rings is 1. The fourth-order valence-corrected chi connectivity index (χ4v) is 2.08. The first-order chi connectivity index (χ1) is 7.92. The van der Waals surface area contributed by atoms with E-state index in [1.54, 1.807) is 32.0 Å². The van der Waals surface area contributed by atoms with Gasteiger partial charge in [-0.15, -0.1) is 12.4 Å². The molecular formula is C12H14ClF2NO2. The van der Waals surface area contributed by atoms with Gasteiger partial charge < -0.3 is 10.1 Å². The van der Waals surface area contributed by atoms with Crippen LogP contribution < -0.4 is 5.32 Å². The van der Waals surface area contributed by atoms with Crippen molar-refractivity contribution >= 4 is 18.5 Å². The fourth-order valence-electron chi connectivity index (χ4n) is 2.08. The van der Waals surface area contributed by atoms with Gasteiger partial charge in [-0.3, -0.25) is 0 Å². The quantitative estimate of drug-likeness (QED) is 0.856. The monoisotopic (exact) mass is 277 g/mol. The highest BCUT2D eigenvalue weighted by Gasteiger charge is 2.47. The second kappa shape index (κ2) is 5.10. The molecule has 1 N–H and O–H groups in total. The first-order valence-corrected chi connectivity index (χ1v) is 5.29. The van der Waals surface area contributed by atoms with Crippen LogP contribution in [0, 0.1) is 13.8 Å². The van der Waals surface area contributed by atoms with Crippen molar-refractivity contribution in [2.24, 2.45) is 0 Å². The highest BCUT2D eigenvalue weighted by atomic mass is 35.5. The zero-order valence-corrected chi connectivity index (χ0v) is 10.8. The molecule has 1 atom stereocenters. The third kappa shape index (κ3) is 2.56. The van der Waals surface area contributed by atoms with E-state index in [-0.39, 0.29) is 12.4 Å². The maximum Gasteiger partial charge on any atom is 0.408 e. The minimum Gasteiger partial charge on any atom is -0.443 e. The van der Waals surface area contributed by atoms with E-state index in [4.69, 9.17) is 0 Å². The Kier molecular flexibility index (Phi) is 4.16. The Hall–Kier alpha value is -1.36. The summed E-state index contributed by atoms with van der Waals surface area (Å²) in [5.74, 6) is -3.09. The molecule has 0 spiro atoms. The van der Waals surface area contributed by atoms with E-state index >= 15 is 0 Å². The summed E-state index contributed by atoms with van der Waals surface area (Å²) < 4.78 is 31.8. The molecule has 1 heterocycles. The summed E-state index contributed by atoms with van der Waals surface area (Å²) in [5.41, 5.74) is 1.93. The van der Waals surface area contributed by atoms with E-state index in [9.17, 15) is 13.6 Å². The number of carbonyl (C=O) groups is 1. The predicted molar refractivity (Wildman–Crippen MR) is 65.3 cm³/mol. The summed E-state index contributed by atoms with van der Waals surface area (Å²) in [6.07, 6.45) is -0.802. The number of rotatable bonds is 1. The maximum absolute atomic E-state index is 13.7. The van der Waals surface area contributed by atoms with Gasteiger partial charge in [-0.05, 0) is 30.5 Å². The van der Waals surface area contributed by atoms with Gasteiger partial charge in [0.05, 0.1) is 0 Å². The number of alkyl carbamates (subject to hydrolysis) is 1. The fraction of sp³-hybridized carbons (Fsp3) is 0.417. The van der Waals surface area contributed by atoms with Crippen LogP contribution in [0.3, 0.4) is 0 Å². The van der Waals surface area contributed by atoms with Crippen LogP contribution in [0.4, 0.5) is 13.6 Å². The lowest BCUT2D eigenvalue weighted by atomic mass is 9.92. The van der Waals surface area contributed by atoms with Crippen LogP contribution >= 0.6 is 12.4 Å². The molecule has 1 aliphatic heterocycles. The van der Waals surface area contributed by atoms with E-state index < -0.39 is 24.7 Å². The number of ether oxygens (including phenoxy) is 1. The topological polar surface area (TPSA) is 38.3 Å². The van der Waals surface area contributed by atoms with Crippen LogP contribution in [0.1, 0.15) is 22.7 Å². The van der Waals surface area contributed by atoms with Crippen molar-refractivity contribution in [2.75, 3.05) is 6.61 Å². The summed E-state index contributed by atoms with van der Waals surface area (Å²) in [5, 5.41) is 2.19. The molecule has 1 fully saturated rings. The number of amides is 1. The molecule has 0 saturated carbocycles. The van der Waals surface area contributed by atoms with Gasteiger partial charge in [0, 0.05) is 0 Å². The summed E-state index contributed by atoms with van der Waals surface area (Å²) in [7, 11) is 0. The zero-order chi connectivity index (χ0) is 12.6. The van der Waals surface area contributed by atoms with Gasteiger partial charge in [-0.1, -0.05) is 18.2 Å². The van der Waals surface area contributed by atoms with Crippen molar-refractivity contribution in [3.63, 3.8) is 0 Å². The highest BCUT2D eigenvalue weighted by molar-refractivity contribution is 5.85. The third-order valence-electron chi connectivity index (χ3n) is 2.91. The summed E-state index contributed by atoms with van der Waals surface area (Å²) in [6, 6.07) is 3.98. The Morgan fingerprint density at radius 1 is 1.33 bits per heavy atom. The van der Waals surface area contributed by atoms with Crippen LogP contribution in [0.2, 0.25) is 0 Å². The molecule has 3 nitrogen and oxygen atoms in total. The first kappa shape index (κ1) is 14.7. The molecule has 2 rings (SSSR count). The van der Waals surface area contributed by atoms with Gasteiger partial charge in [0.25, 0.3) is 0 Å². The Morgan fingerprint density at radius 2 is 1.89 bits per heavy atom. The largest absolute Gasteiger partial charge is 0.443 e. The number of hydrogen-bond acceptors (Lipinski definition) is 2. The van der Waals surface area contributed by atoms with E-state index in [0.29, 0.717) is 5.56 Å². The van der Waals surface area contributed by atoms with Crippen molar-refractivity contribution in [3.8, 4) is 0 Å². The minimum absolute atomic E-state index is 0. The first-order valence-electron chi connectivity index (χ1n) is 5.29. The molecule has 1 aliphatic rings. The number of carbonyl (C=O) groups excluding carboxylic acids is 1. The lowest BCUT2D eigenvalue weighted by Gasteiger charge is -2.33. The molecule has 6 heteroatoms. The van der Waals surface area contributed by atoms with Gasteiger partial charge >= 0.3 is 12.0 Å². The van der Waals surface area contributed by atoms with Crippen LogP contribution in [0.15, 0.2) is 18.2 Å². The molecule has 1 aromatic rings. The molecule has 1 aromatic carbocycles. The third-order valence-corrected chi connectivity index (χ3v) is 2.91. The Balaban J connectivity index is 0.00000162. The molecule has 1 saturated heterocycles. The summed E-state index contributed by atoms with van der Waals surface area (Å²) in [6.45, 7) is 2.62. The van der Waals surface area contributed by atoms with Crippen molar-refractivity contribution in [3.05, 3.63) is 34.9 Å². The highest BCUT2D eigenvalue weighted by Crippen LogP contribution is 2.37. The molecule has 0 aliphatic carbocycles. The van der Waals surface area contributed by atoms with Crippen LogP contribution in [-0.4, -0.2) is 18.6 Å². The van der Waals surface area contributed by atoms with Crippen LogP contribution in [-0.2, 0) is 4.74 Å². The number of hydrogen-bond donors (Lipinski definition) is 1. The van der Waals surface area contributed by atoms with Crippen molar-refractivity contribution in [1.82, 2.24) is 5.32 Å². The van der Waals surface area contributed by atoms with Gasteiger partial charge in [-0.2, -0.15) is 0 Å². The Bertz CT molecular complexity index is 445. The summed E-state index contributed by atoms with van der Waals surface area (Å²) in [4.78, 5) is 11.1. The number of nitrogens with one attached hydrogen (secondary N) is 1. The zero-order valence-electron chi connectivity index (χ0n) is 10.00. The number of cyclic esters (lactones) is 1. The number of alkyl halides is 2. The second-order valence-corrected chi connectivity index (χ2v) is 4.22. The van der Waals surface area contributed by atoms with E-state index in [0.717, 1.165) is 11.1 Å². The molecule has 0 unspecified atom stereocenters. The van der Waals surface area contributed by atoms with Crippen molar-refractivity contribution < 1.29 is 18.3 Å². The molecular weight excluding hydrogens is 264 g/mol. The second-order valence-electron chi connectivity index (χ2n) is 4.22. The predicted octanol–water partition coefficient (Wildman–Crippen LogP) is 3.14. The van der Waals surface area contributed by atoms with Gasteiger partial charge in [0.1, 0.15) is 6.04 Å². The maximum atomic E-state index is 13.7. The minimum atomic E-state index is -3.09. The average Bonchev–Trinajstić information content (AvgIpc) is 2.23. The molecule has 1 amide bonds. The van der Waals surface area contributed by atoms with E-state index in [1.165, 1.54) is 0 Å². The normalized spacial score (nSPS) is 21.6. The Morgan fingerprint density at radius 3 is 2.44 bits per heavy atom. The Labute approximate surface area is 110 Å². The average molecular weight is 278 g/mol. The molecule has 18 heavy (non-hydrogen) atoms. The SMILES string of the molecule is Cc1cccc(C)c1[C@H]1NC(=O)OCC1(F)F.Cl. The molecule has 100 valence electrons. The standard InChI is InChI=1S/C12H13F2NO2.ClH/c1-7-4-3-5-8(2)9(7)10-12(13,14)6-17-11(16)15-10;/h3-5,10H,6H2,1-2H3,(H,15,16);1H/t10-;/m1./s1. The van der Waals surface area contributed by atoms with Crippen LogP contribution in [0.25, 0.3) is 0 Å². The lowest BCUT2D eigenvalue weighted by molar-refractivity contribution is -0.104. The van der Waals surface area contributed by atoms with Crippen molar-refractivity contribution in [2.45, 2.75) is 25.8 Å². The molecule has 0 radical (unpaired) electrons. The lowest BCUT2D eigenvalue weighted by Crippen LogP contribution is -2.50. The smallest absolute Gasteiger partial charge is 0.408 e. The van der Waals surface area contributed by atoms with Gasteiger partial charge in [0.15, 0.2) is 6.61 Å². The summed E-state index contributed by atoms with van der Waals surface area (Å²) >= 11 is 0.